The SMILES string of the molecule is CN1C=CN(C(CCC(=O)O)(N2C=CN(C)[CH-]2)N2C=CN(C)[CH-]2)[CH-]1.CO.COC(=O)C(CN1C=CN(C)[CH-]1)CN1C=CN(C)[CH-]1.COC(=O)CN1C=CN(C)[CH-]1.[CH-]=O.[CH-]=O.[CH-]=O.[CH-]=O.[CH-]=O.[CH-]=O.[CH-]=O.[CH-]=O.[CH-]=O.[CH-]=O.[CH-]=O.[Mo].[Mo].[Mo]. The third-order valence-corrected chi connectivity index (χ3v) is 8.63. The number of ether oxygens (including phenoxy) is 2. The number of hydrogen-bond acceptors (Lipinski definition) is 29. The van der Waals surface area contributed by atoms with Crippen molar-refractivity contribution in [2.75, 3.05) is 83.2 Å². The summed E-state index contributed by atoms with van der Waals surface area (Å²) in [4.78, 5) is 143. The molecule has 0 spiro atoms. The number of rotatable bonds is 13. The van der Waals surface area contributed by atoms with Gasteiger partial charge in [0.25, 0.3) is 0 Å². The molecule has 81 heavy (non-hydrogen) atoms. The Morgan fingerprint density at radius 1 is 0.420 bits per heavy atom. The summed E-state index contributed by atoms with van der Waals surface area (Å²) in [6.45, 7) is 48.8. The van der Waals surface area contributed by atoms with Crippen LogP contribution >= 0.6 is 0 Å². The van der Waals surface area contributed by atoms with Crippen molar-refractivity contribution in [1.29, 1.82) is 0 Å². The molecule has 0 unspecified atom stereocenters. The minimum atomic E-state index is -0.816. The first kappa shape index (κ1) is 102. The second kappa shape index (κ2) is 72.8. The van der Waals surface area contributed by atoms with E-state index in [2.05, 4.69) is 79.4 Å². The number of carboxylic acids is 1. The second-order valence-electron chi connectivity index (χ2n) is 13.2. The maximum Gasteiger partial charge on any atom is 0.322 e. The summed E-state index contributed by atoms with van der Waals surface area (Å²) in [7, 11) is 15.5. The van der Waals surface area contributed by atoms with E-state index in [1.807, 2.05) is 211 Å². The van der Waals surface area contributed by atoms with Gasteiger partial charge in [0.2, 0.25) is 0 Å². The van der Waals surface area contributed by atoms with Crippen LogP contribution < -0.4 is 0 Å². The minimum absolute atomic E-state index is 0. The van der Waals surface area contributed by atoms with Crippen molar-refractivity contribution in [3.63, 3.8) is 0 Å². The fraction of sp³-hybridized carbons (Fsp3) is 0.333. The Bertz CT molecular complexity index is 1560. The van der Waals surface area contributed by atoms with Gasteiger partial charge in [-0.25, -0.2) is 0 Å². The average molecular weight is 1390 g/mol. The van der Waals surface area contributed by atoms with Gasteiger partial charge in [-0.15, -0.1) is 0 Å². The van der Waals surface area contributed by atoms with E-state index in [0.29, 0.717) is 19.5 Å². The molecule has 6 rings (SSSR count). The summed E-state index contributed by atoms with van der Waals surface area (Å²) < 4.78 is 9.39. The molecule has 0 saturated carbocycles. The Kier molecular flexibility index (Phi) is 92.1. The summed E-state index contributed by atoms with van der Waals surface area (Å²) in [5.74, 6) is -2.16. The monoisotopic (exact) mass is 1400 g/mol. The number of aliphatic hydroxyl groups is 1. The van der Waals surface area contributed by atoms with Crippen LogP contribution in [0.4, 0.5) is 0 Å². The van der Waals surface area contributed by atoms with Gasteiger partial charge in [-0.05, 0) is 117 Å². The number of hydrogen-bond donors (Lipinski definition) is 2. The van der Waals surface area contributed by atoms with Crippen LogP contribution in [0.15, 0.2) is 74.4 Å². The van der Waals surface area contributed by atoms with E-state index >= 15 is 0 Å². The molecule has 0 radical (unpaired) electrons. The van der Waals surface area contributed by atoms with Crippen LogP contribution in [0.3, 0.4) is 0 Å². The molecule has 6 aliphatic rings. The number of carboxylic acid groups (broad SMARTS) is 1. The molecule has 0 fully saturated rings. The van der Waals surface area contributed by atoms with Crippen molar-refractivity contribution in [2.45, 2.75) is 18.6 Å². The predicted molar refractivity (Wildman–Crippen MR) is 282 cm³/mol. The second-order valence-corrected chi connectivity index (χ2v) is 13.2. The standard InChI is InChI=1S/C16H23N6O2.C13H20N4O2.C7H11N2O2.CH4O.11CHO.3Mo/c1-17-6-9-20(12-17)16(5-4-15(23)24,21-10-7-18(2)13-21)22-11-8-19(3)14-22;1-14-4-6-16(10-14)8-12(13(18)19-3)9-17-7-5-15(2)11-17;1-8-3-4-9(6-8)5-7(10)11-2;12*1-2;;;/h6-14H,4-5H2,1-3H3,(H,23,24);4-7,10-12H,8-9H2,1-3H3;3-4,6H,5H2,1-2H3;2H,1H3;11*1H;;;/q-3;-2;-1;;11*-1;;;. The van der Waals surface area contributed by atoms with E-state index in [1.54, 1.807) is 4.90 Å². The zero-order chi connectivity index (χ0) is 63.4. The van der Waals surface area contributed by atoms with Crippen LogP contribution in [0, 0.1) is 45.9 Å². The molecule has 6 heterocycles. The fourth-order valence-corrected chi connectivity index (χ4v) is 5.96. The molecule has 2 N–H and O–H groups in total. The van der Waals surface area contributed by atoms with E-state index in [1.165, 1.54) is 14.2 Å². The van der Waals surface area contributed by atoms with Gasteiger partial charge in [0.1, 0.15) is 5.79 Å². The number of carbonyl (C=O) groups excluding carboxylic acids is 13. The molecule has 0 aromatic carbocycles. The van der Waals surface area contributed by atoms with Crippen LogP contribution in [-0.4, -0.2) is 251 Å². The summed E-state index contributed by atoms with van der Waals surface area (Å²) in [5, 5.41) is 16.3. The molecule has 0 saturated heterocycles. The molecule has 33 heteroatoms. The first-order valence-electron chi connectivity index (χ1n) is 20.3. The summed E-state index contributed by atoms with van der Waals surface area (Å²) in [6, 6.07) is 0. The number of esters is 2. The topological polar surface area (TPSA) is 337 Å². The Labute approximate surface area is 520 Å². The van der Waals surface area contributed by atoms with Crippen LogP contribution in [0.1, 0.15) is 12.8 Å². The van der Waals surface area contributed by atoms with Crippen molar-refractivity contribution in [3.8, 4) is 0 Å². The average Bonchev–Trinajstić information content (AvgIpc) is 4.41. The number of nitrogens with zero attached hydrogens (tertiary/aromatic N) is 12. The number of aliphatic hydroxyl groups excluding tert-OH is 1. The Morgan fingerprint density at radius 2 is 0.667 bits per heavy atom. The third kappa shape index (κ3) is 44.3. The fourth-order valence-electron chi connectivity index (χ4n) is 5.96. The maximum absolute atomic E-state index is 11.9. The van der Waals surface area contributed by atoms with E-state index in [-0.39, 0.29) is 94.0 Å². The van der Waals surface area contributed by atoms with Gasteiger partial charge in [-0.2, -0.15) is 40.0 Å². The van der Waals surface area contributed by atoms with Gasteiger partial charge >= 0.3 is 17.9 Å². The number of methoxy groups -OCH3 is 2. The van der Waals surface area contributed by atoms with Crippen LogP contribution in [0.5, 0.6) is 0 Å². The molecule has 0 aromatic heterocycles. The Morgan fingerprint density at radius 3 is 0.864 bits per heavy atom. The zero-order valence-corrected chi connectivity index (χ0v) is 51.9. The van der Waals surface area contributed by atoms with Crippen LogP contribution in [0.2, 0.25) is 0 Å². The van der Waals surface area contributed by atoms with Crippen molar-refractivity contribution in [2.24, 2.45) is 5.92 Å². The molecular formula is C48H69Mo3N12O18-17. The molecule has 0 bridgehead atoms. The molecule has 6 aliphatic heterocycles. The van der Waals surface area contributed by atoms with Gasteiger partial charge in [-0.3, -0.25) is 89.1 Å². The molecule has 0 atom stereocenters. The molecule has 0 aliphatic carbocycles. The van der Waals surface area contributed by atoms with Crippen molar-refractivity contribution in [3.05, 3.63) is 114 Å². The first-order chi connectivity index (χ1) is 37.7. The summed E-state index contributed by atoms with van der Waals surface area (Å²) in [5.41, 5.74) is 0. The van der Waals surface area contributed by atoms with Gasteiger partial charge in [0.05, 0.1) is 33.1 Å². The normalized spacial score (nSPS) is 13.0. The molecule has 30 nitrogen and oxygen atoms in total. The molecule has 0 amide bonds. The zero-order valence-electron chi connectivity index (χ0n) is 45.9. The van der Waals surface area contributed by atoms with E-state index in [4.69, 9.17) is 62.6 Å². The van der Waals surface area contributed by atoms with E-state index < -0.39 is 11.8 Å². The molecular weight excluding hydrogens is 1320 g/mol. The van der Waals surface area contributed by atoms with Crippen molar-refractivity contribution in [1.82, 2.24) is 58.8 Å². The third-order valence-electron chi connectivity index (χ3n) is 8.63. The predicted octanol–water partition coefficient (Wildman–Crippen LogP) is -1.95. The van der Waals surface area contributed by atoms with Gasteiger partial charge in [0.15, 0.2) is 0 Å². The smallest absolute Gasteiger partial charge is 0.322 e. The maximum atomic E-state index is 11.9. The quantitative estimate of drug-likeness (QED) is 0.0876. The van der Waals surface area contributed by atoms with Gasteiger partial charge in [0, 0.05) is 89.8 Å². The Balaban J connectivity index is -0.0000000751. The first-order valence-corrected chi connectivity index (χ1v) is 20.3. The van der Waals surface area contributed by atoms with E-state index in [9.17, 15) is 19.5 Å². The van der Waals surface area contributed by atoms with Crippen molar-refractivity contribution < 1.29 is 150 Å². The van der Waals surface area contributed by atoms with Crippen molar-refractivity contribution >= 4 is 92.6 Å². The van der Waals surface area contributed by atoms with Crippen LogP contribution in [-0.2, 0) is 140 Å². The summed E-state index contributed by atoms with van der Waals surface area (Å²) in [6.07, 6.45) is 23.6. The largest absolute Gasteiger partial charge is 0.545 e. The van der Waals surface area contributed by atoms with Crippen LogP contribution in [0.25, 0.3) is 0 Å². The molecule has 464 valence electrons. The van der Waals surface area contributed by atoms with Gasteiger partial charge in [-0.1, -0.05) is 0 Å². The number of carbonyl (C=O) groups is 3. The number of aliphatic carboxylic acids is 1. The minimum Gasteiger partial charge on any atom is -0.545 e. The van der Waals surface area contributed by atoms with E-state index in [0.717, 1.165) is 7.11 Å². The molecule has 0 aromatic rings. The summed E-state index contributed by atoms with van der Waals surface area (Å²) >= 11 is 0. The van der Waals surface area contributed by atoms with Gasteiger partial charge < -0.3 is 131 Å². The Hall–Kier alpha value is -7.16.